The van der Waals surface area contributed by atoms with Crippen LogP contribution in [-0.4, -0.2) is 23.5 Å². The van der Waals surface area contributed by atoms with Crippen LogP contribution in [0.2, 0.25) is 0 Å². The second kappa shape index (κ2) is 6.97. The van der Waals surface area contributed by atoms with E-state index in [9.17, 15) is 0 Å². The first-order valence-corrected chi connectivity index (χ1v) is 7.84. The van der Waals surface area contributed by atoms with Crippen molar-refractivity contribution in [3.63, 3.8) is 0 Å². The highest BCUT2D eigenvalue weighted by Gasteiger charge is 2.17. The number of aryl methyl sites for hydroxylation is 1. The van der Waals surface area contributed by atoms with Crippen molar-refractivity contribution >= 4 is 11.3 Å². The zero-order chi connectivity index (χ0) is 14.5. The van der Waals surface area contributed by atoms with Gasteiger partial charge in [0.15, 0.2) is 0 Å². The first-order valence-electron chi connectivity index (χ1n) is 6.96. The fourth-order valence-corrected chi connectivity index (χ4v) is 3.03. The molecule has 4 heteroatoms. The number of aromatic nitrogens is 1. The molecule has 0 saturated carbocycles. The van der Waals surface area contributed by atoms with Gasteiger partial charge in [0.1, 0.15) is 0 Å². The third-order valence-electron chi connectivity index (χ3n) is 3.50. The van der Waals surface area contributed by atoms with Gasteiger partial charge >= 0.3 is 0 Å². The molecular weight excluding hydrogens is 266 g/mol. The minimum atomic E-state index is 0.0795. The monoisotopic (exact) mass is 289 g/mol. The number of nitrogens with zero attached hydrogens (tertiary/aromatic N) is 2. The molecule has 1 aromatic heterocycles. The molecule has 0 radical (unpaired) electrons. The quantitative estimate of drug-likeness (QED) is 0.888. The van der Waals surface area contributed by atoms with Gasteiger partial charge in [0, 0.05) is 24.5 Å². The van der Waals surface area contributed by atoms with Crippen LogP contribution in [0.15, 0.2) is 35.7 Å². The molecule has 0 fully saturated rings. The highest BCUT2D eigenvalue weighted by molar-refractivity contribution is 7.09. The van der Waals surface area contributed by atoms with Crippen molar-refractivity contribution in [2.45, 2.75) is 26.4 Å². The predicted octanol–water partition coefficient (Wildman–Crippen LogP) is 3.22. The van der Waals surface area contributed by atoms with Gasteiger partial charge in [-0.05, 0) is 25.5 Å². The predicted molar refractivity (Wildman–Crippen MR) is 85.7 cm³/mol. The van der Waals surface area contributed by atoms with E-state index in [2.05, 4.69) is 41.4 Å². The lowest BCUT2D eigenvalue weighted by Gasteiger charge is -2.25. The van der Waals surface area contributed by atoms with Gasteiger partial charge in [-0.3, -0.25) is 0 Å². The van der Waals surface area contributed by atoms with Gasteiger partial charge in [-0.1, -0.05) is 37.3 Å². The Balaban J connectivity index is 1.88. The summed E-state index contributed by atoms with van der Waals surface area (Å²) in [5, 5.41) is 3.26. The molecule has 2 unspecified atom stereocenters. The van der Waals surface area contributed by atoms with Crippen LogP contribution >= 0.6 is 11.3 Å². The molecule has 3 nitrogen and oxygen atoms in total. The first-order chi connectivity index (χ1) is 9.56. The molecule has 0 aliphatic heterocycles. The third kappa shape index (κ3) is 4.13. The summed E-state index contributed by atoms with van der Waals surface area (Å²) >= 11 is 1.71. The molecule has 2 atom stereocenters. The van der Waals surface area contributed by atoms with E-state index in [0.717, 1.165) is 23.8 Å². The number of nitrogens with two attached hydrogens (primary N) is 1. The van der Waals surface area contributed by atoms with Crippen LogP contribution < -0.4 is 5.73 Å². The zero-order valence-electron chi connectivity index (χ0n) is 12.4. The van der Waals surface area contributed by atoms with Gasteiger partial charge < -0.3 is 10.6 Å². The van der Waals surface area contributed by atoms with Crippen molar-refractivity contribution in [2.24, 2.45) is 11.7 Å². The summed E-state index contributed by atoms with van der Waals surface area (Å²) in [5.41, 5.74) is 8.70. The van der Waals surface area contributed by atoms with Crippen LogP contribution in [0, 0.1) is 12.8 Å². The fraction of sp³-hybridized carbons (Fsp3) is 0.438. The van der Waals surface area contributed by atoms with Crippen LogP contribution in [0.1, 0.15) is 29.2 Å². The van der Waals surface area contributed by atoms with Crippen LogP contribution in [0.5, 0.6) is 0 Å². The Hall–Kier alpha value is -1.23. The van der Waals surface area contributed by atoms with Crippen LogP contribution in [0.4, 0.5) is 0 Å². The molecule has 2 aromatic rings. The molecule has 108 valence electrons. The van der Waals surface area contributed by atoms with E-state index >= 15 is 0 Å². The molecule has 0 amide bonds. The highest BCUT2D eigenvalue weighted by atomic mass is 32.1. The largest absolute Gasteiger partial charge is 0.324 e. The maximum Gasteiger partial charge on any atom is 0.0897 e. The third-order valence-corrected chi connectivity index (χ3v) is 4.32. The van der Waals surface area contributed by atoms with Crippen molar-refractivity contribution in [1.29, 1.82) is 0 Å². The lowest BCUT2D eigenvalue weighted by Crippen LogP contribution is -2.30. The summed E-state index contributed by atoms with van der Waals surface area (Å²) in [7, 11) is 2.13. The summed E-state index contributed by atoms with van der Waals surface area (Å²) in [6.07, 6.45) is 0. The molecular formula is C16H23N3S. The normalized spacial score (nSPS) is 14.4. The summed E-state index contributed by atoms with van der Waals surface area (Å²) in [4.78, 5) is 6.80. The van der Waals surface area contributed by atoms with Gasteiger partial charge in [-0.25, -0.2) is 4.98 Å². The van der Waals surface area contributed by atoms with E-state index in [0.29, 0.717) is 5.92 Å². The van der Waals surface area contributed by atoms with Crippen molar-refractivity contribution in [3.05, 3.63) is 52.0 Å². The summed E-state index contributed by atoms with van der Waals surface area (Å²) in [6, 6.07) is 10.4. The number of benzene rings is 1. The number of thiazole rings is 1. The molecule has 0 aliphatic rings. The van der Waals surface area contributed by atoms with Gasteiger partial charge in [0.25, 0.3) is 0 Å². The first kappa shape index (κ1) is 15.2. The molecule has 0 aliphatic carbocycles. The van der Waals surface area contributed by atoms with Gasteiger partial charge in [-0.15, -0.1) is 11.3 Å². The Morgan fingerprint density at radius 3 is 2.60 bits per heavy atom. The molecule has 0 saturated heterocycles. The van der Waals surface area contributed by atoms with E-state index in [1.807, 2.05) is 25.1 Å². The van der Waals surface area contributed by atoms with Gasteiger partial charge in [0.2, 0.25) is 0 Å². The lowest BCUT2D eigenvalue weighted by molar-refractivity contribution is 0.256. The smallest absolute Gasteiger partial charge is 0.0897 e. The number of hydrogen-bond acceptors (Lipinski definition) is 4. The minimum Gasteiger partial charge on any atom is -0.324 e. The van der Waals surface area contributed by atoms with Gasteiger partial charge in [-0.2, -0.15) is 0 Å². The van der Waals surface area contributed by atoms with Crippen LogP contribution in [0.3, 0.4) is 0 Å². The molecule has 2 N–H and O–H groups in total. The summed E-state index contributed by atoms with van der Waals surface area (Å²) < 4.78 is 0. The molecule has 1 heterocycles. The Morgan fingerprint density at radius 2 is 2.00 bits per heavy atom. The van der Waals surface area contributed by atoms with E-state index in [1.165, 1.54) is 5.56 Å². The summed E-state index contributed by atoms with van der Waals surface area (Å²) in [6.45, 7) is 6.10. The van der Waals surface area contributed by atoms with Crippen molar-refractivity contribution in [3.8, 4) is 0 Å². The van der Waals surface area contributed by atoms with E-state index in [4.69, 9.17) is 5.73 Å². The average molecular weight is 289 g/mol. The van der Waals surface area contributed by atoms with Crippen molar-refractivity contribution < 1.29 is 0 Å². The van der Waals surface area contributed by atoms with E-state index in [-0.39, 0.29) is 6.04 Å². The van der Waals surface area contributed by atoms with Crippen LogP contribution in [0.25, 0.3) is 0 Å². The van der Waals surface area contributed by atoms with Crippen molar-refractivity contribution in [1.82, 2.24) is 9.88 Å². The SMILES string of the molecule is Cc1nc(CN(C)CC(C)C(N)c2ccccc2)cs1. The standard InChI is InChI=1S/C16H23N3S/c1-12(16(17)14-7-5-4-6-8-14)9-19(3)10-15-11-20-13(2)18-15/h4-8,11-12,16H,9-10,17H2,1-3H3. The Kier molecular flexibility index (Phi) is 5.29. The Labute approximate surface area is 125 Å². The maximum absolute atomic E-state index is 6.34. The number of hydrogen-bond donors (Lipinski definition) is 1. The second-order valence-corrected chi connectivity index (χ2v) is 6.53. The van der Waals surface area contributed by atoms with E-state index < -0.39 is 0 Å². The average Bonchev–Trinajstić information content (AvgIpc) is 2.84. The molecule has 2 rings (SSSR count). The fourth-order valence-electron chi connectivity index (χ4n) is 2.43. The van der Waals surface area contributed by atoms with E-state index in [1.54, 1.807) is 11.3 Å². The Bertz CT molecular complexity index is 524. The lowest BCUT2D eigenvalue weighted by atomic mass is 9.95. The molecule has 0 spiro atoms. The molecule has 20 heavy (non-hydrogen) atoms. The van der Waals surface area contributed by atoms with Crippen molar-refractivity contribution in [2.75, 3.05) is 13.6 Å². The van der Waals surface area contributed by atoms with Crippen LogP contribution in [-0.2, 0) is 6.54 Å². The maximum atomic E-state index is 6.34. The second-order valence-electron chi connectivity index (χ2n) is 5.47. The molecule has 1 aromatic carbocycles. The van der Waals surface area contributed by atoms with Gasteiger partial charge in [0.05, 0.1) is 10.7 Å². The topological polar surface area (TPSA) is 42.2 Å². The molecule has 0 bridgehead atoms. The zero-order valence-corrected chi connectivity index (χ0v) is 13.2. The number of rotatable bonds is 6. The summed E-state index contributed by atoms with van der Waals surface area (Å²) in [5.74, 6) is 0.405. The minimum absolute atomic E-state index is 0.0795. The Morgan fingerprint density at radius 1 is 1.30 bits per heavy atom. The highest BCUT2D eigenvalue weighted by Crippen LogP contribution is 2.20.